The first-order chi connectivity index (χ1) is 7.29. The molecule has 0 aliphatic carbocycles. The highest BCUT2D eigenvalue weighted by Gasteiger charge is 2.24. The van der Waals surface area contributed by atoms with E-state index in [2.05, 4.69) is 19.6 Å². The summed E-state index contributed by atoms with van der Waals surface area (Å²) in [6.07, 6.45) is -0.0380. The summed E-state index contributed by atoms with van der Waals surface area (Å²) in [5.41, 5.74) is 7.08. The molecule has 1 rings (SSSR count). The molecule has 0 amide bonds. The van der Waals surface area contributed by atoms with Crippen LogP contribution in [0.15, 0.2) is 24.3 Å². The standard InChI is InChI=1S/C12H20ClNOSi.ClH/c1-9(14)12(15-16(2,3)4)10-5-7-11(13)8-6-10;/h5-9,12H,14H2,1-4H3;1H. The third-order valence-electron chi connectivity index (χ3n) is 2.16. The van der Waals surface area contributed by atoms with Crippen LogP contribution in [0.25, 0.3) is 0 Å². The lowest BCUT2D eigenvalue weighted by atomic mass is 10.0. The second-order valence-corrected chi connectivity index (χ2v) is 9.96. The number of halogens is 2. The highest BCUT2D eigenvalue weighted by atomic mass is 35.5. The summed E-state index contributed by atoms with van der Waals surface area (Å²) < 4.78 is 6.10. The van der Waals surface area contributed by atoms with Crippen LogP contribution >= 0.6 is 24.0 Å². The van der Waals surface area contributed by atoms with Gasteiger partial charge in [0.2, 0.25) is 0 Å². The lowest BCUT2D eigenvalue weighted by Crippen LogP contribution is -2.36. The van der Waals surface area contributed by atoms with Crippen molar-refractivity contribution in [1.82, 2.24) is 0 Å². The molecule has 0 saturated heterocycles. The Morgan fingerprint density at radius 3 is 2.00 bits per heavy atom. The van der Waals surface area contributed by atoms with Gasteiger partial charge in [0.1, 0.15) is 0 Å². The zero-order valence-electron chi connectivity index (χ0n) is 10.7. The number of hydrogen-bond donors (Lipinski definition) is 1. The van der Waals surface area contributed by atoms with E-state index >= 15 is 0 Å². The summed E-state index contributed by atoms with van der Waals surface area (Å²) in [7, 11) is -1.59. The fraction of sp³-hybridized carbons (Fsp3) is 0.500. The molecule has 0 aliphatic rings. The minimum atomic E-state index is -1.59. The fourth-order valence-corrected chi connectivity index (χ4v) is 2.75. The monoisotopic (exact) mass is 293 g/mol. The number of nitrogens with two attached hydrogens (primary N) is 1. The third-order valence-corrected chi connectivity index (χ3v) is 3.37. The predicted octanol–water partition coefficient (Wildman–Crippen LogP) is 4.00. The molecule has 0 aliphatic heterocycles. The first kappa shape index (κ1) is 16.9. The van der Waals surface area contributed by atoms with E-state index in [-0.39, 0.29) is 24.6 Å². The molecule has 2 unspecified atom stereocenters. The average Bonchev–Trinajstić information content (AvgIpc) is 2.14. The zero-order chi connectivity index (χ0) is 12.3. The highest BCUT2D eigenvalue weighted by molar-refractivity contribution is 6.69. The minimum absolute atomic E-state index is 0. The largest absolute Gasteiger partial charge is 0.409 e. The summed E-state index contributed by atoms with van der Waals surface area (Å²) >= 11 is 5.87. The van der Waals surface area contributed by atoms with Crippen LogP contribution in [-0.2, 0) is 4.43 Å². The Hall–Kier alpha value is -0.0631. The number of benzene rings is 1. The van der Waals surface area contributed by atoms with Crippen molar-refractivity contribution in [3.63, 3.8) is 0 Å². The van der Waals surface area contributed by atoms with Crippen molar-refractivity contribution in [2.24, 2.45) is 5.73 Å². The van der Waals surface area contributed by atoms with E-state index in [1.807, 2.05) is 31.2 Å². The van der Waals surface area contributed by atoms with Crippen molar-refractivity contribution in [3.05, 3.63) is 34.9 Å². The van der Waals surface area contributed by atoms with Crippen molar-refractivity contribution >= 4 is 32.3 Å². The molecule has 0 aromatic heterocycles. The fourth-order valence-electron chi connectivity index (χ4n) is 1.51. The number of hydrogen-bond acceptors (Lipinski definition) is 2. The van der Waals surface area contributed by atoms with Crippen LogP contribution in [0.5, 0.6) is 0 Å². The van der Waals surface area contributed by atoms with Crippen LogP contribution in [0.4, 0.5) is 0 Å². The molecule has 17 heavy (non-hydrogen) atoms. The molecule has 0 spiro atoms. The van der Waals surface area contributed by atoms with Gasteiger partial charge in [-0.15, -0.1) is 12.4 Å². The van der Waals surface area contributed by atoms with Crippen molar-refractivity contribution in [3.8, 4) is 0 Å². The Morgan fingerprint density at radius 2 is 1.65 bits per heavy atom. The normalized spacial score (nSPS) is 14.9. The van der Waals surface area contributed by atoms with Crippen molar-refractivity contribution in [2.45, 2.75) is 38.7 Å². The minimum Gasteiger partial charge on any atom is -0.409 e. The molecular formula is C12H21Cl2NOSi. The second-order valence-electron chi connectivity index (χ2n) is 5.06. The smallest absolute Gasteiger partial charge is 0.184 e. The first-order valence-electron chi connectivity index (χ1n) is 5.48. The van der Waals surface area contributed by atoms with Crippen molar-refractivity contribution in [2.75, 3.05) is 0 Å². The van der Waals surface area contributed by atoms with E-state index in [4.69, 9.17) is 21.8 Å². The molecule has 0 bridgehead atoms. The van der Waals surface area contributed by atoms with Gasteiger partial charge >= 0.3 is 0 Å². The summed E-state index contributed by atoms with van der Waals surface area (Å²) in [5.74, 6) is 0. The molecule has 98 valence electrons. The molecule has 0 radical (unpaired) electrons. The lowest BCUT2D eigenvalue weighted by molar-refractivity contribution is 0.172. The van der Waals surface area contributed by atoms with Gasteiger partial charge in [0.15, 0.2) is 8.32 Å². The van der Waals surface area contributed by atoms with Gasteiger partial charge in [0.25, 0.3) is 0 Å². The molecule has 2 nitrogen and oxygen atoms in total. The van der Waals surface area contributed by atoms with Gasteiger partial charge in [0.05, 0.1) is 6.10 Å². The Balaban J connectivity index is 0.00000256. The molecule has 0 saturated carbocycles. The van der Waals surface area contributed by atoms with Gasteiger partial charge in [-0.2, -0.15) is 0 Å². The van der Waals surface area contributed by atoms with E-state index in [0.717, 1.165) is 10.6 Å². The molecule has 2 atom stereocenters. The van der Waals surface area contributed by atoms with Gasteiger partial charge in [0, 0.05) is 11.1 Å². The van der Waals surface area contributed by atoms with Crippen LogP contribution < -0.4 is 5.73 Å². The van der Waals surface area contributed by atoms with Gasteiger partial charge in [-0.05, 0) is 44.3 Å². The van der Waals surface area contributed by atoms with Crippen LogP contribution in [0, 0.1) is 0 Å². The maximum atomic E-state index is 6.10. The summed E-state index contributed by atoms with van der Waals surface area (Å²) in [4.78, 5) is 0. The Bertz CT molecular complexity index is 335. The van der Waals surface area contributed by atoms with Gasteiger partial charge in [-0.1, -0.05) is 23.7 Å². The maximum Gasteiger partial charge on any atom is 0.184 e. The SMILES string of the molecule is CC(N)C(O[Si](C)(C)C)c1ccc(Cl)cc1.Cl. The quantitative estimate of drug-likeness (QED) is 0.852. The van der Waals surface area contributed by atoms with Gasteiger partial charge < -0.3 is 10.2 Å². The summed E-state index contributed by atoms with van der Waals surface area (Å²) in [6, 6.07) is 7.69. The summed E-state index contributed by atoms with van der Waals surface area (Å²) in [6.45, 7) is 8.47. The first-order valence-corrected chi connectivity index (χ1v) is 9.27. The topological polar surface area (TPSA) is 35.2 Å². The maximum absolute atomic E-state index is 6.10. The van der Waals surface area contributed by atoms with E-state index < -0.39 is 8.32 Å². The van der Waals surface area contributed by atoms with Crippen LogP contribution in [0.2, 0.25) is 24.7 Å². The van der Waals surface area contributed by atoms with Gasteiger partial charge in [-0.25, -0.2) is 0 Å². The Morgan fingerprint density at radius 1 is 1.18 bits per heavy atom. The molecule has 1 aromatic rings. The average molecular weight is 294 g/mol. The lowest BCUT2D eigenvalue weighted by Gasteiger charge is -2.29. The molecule has 0 fully saturated rings. The van der Waals surface area contributed by atoms with E-state index in [9.17, 15) is 0 Å². The Labute approximate surface area is 116 Å². The Kier molecular flexibility index (Phi) is 6.73. The molecule has 0 heterocycles. The van der Waals surface area contributed by atoms with E-state index in [1.54, 1.807) is 0 Å². The molecular weight excluding hydrogens is 273 g/mol. The van der Waals surface area contributed by atoms with Crippen molar-refractivity contribution in [1.29, 1.82) is 0 Å². The van der Waals surface area contributed by atoms with E-state index in [0.29, 0.717) is 0 Å². The number of rotatable bonds is 4. The zero-order valence-corrected chi connectivity index (χ0v) is 13.3. The van der Waals surface area contributed by atoms with Crippen LogP contribution in [0.1, 0.15) is 18.6 Å². The molecule has 1 aromatic carbocycles. The molecule has 5 heteroatoms. The second kappa shape index (κ2) is 6.76. The van der Waals surface area contributed by atoms with Crippen LogP contribution in [0.3, 0.4) is 0 Å². The van der Waals surface area contributed by atoms with Crippen LogP contribution in [-0.4, -0.2) is 14.4 Å². The predicted molar refractivity (Wildman–Crippen MR) is 79.5 cm³/mol. The van der Waals surface area contributed by atoms with Crippen molar-refractivity contribution < 1.29 is 4.43 Å². The van der Waals surface area contributed by atoms with Gasteiger partial charge in [-0.3, -0.25) is 0 Å². The third kappa shape index (κ3) is 5.88. The summed E-state index contributed by atoms with van der Waals surface area (Å²) in [5, 5.41) is 0.736. The van der Waals surface area contributed by atoms with E-state index in [1.165, 1.54) is 0 Å². The highest BCUT2D eigenvalue weighted by Crippen LogP contribution is 2.25. The molecule has 2 N–H and O–H groups in total.